The molecule has 0 aliphatic carbocycles. The third kappa shape index (κ3) is 6.40. The Kier molecular flexibility index (Phi) is 7.85. The normalized spacial score (nSPS) is 10.6. The summed E-state index contributed by atoms with van der Waals surface area (Å²) in [5.41, 5.74) is 0.807. The van der Waals surface area contributed by atoms with E-state index in [0.29, 0.717) is 40.3 Å². The second-order valence-corrected chi connectivity index (χ2v) is 7.25. The lowest BCUT2D eigenvalue weighted by atomic mass is 10.2. The van der Waals surface area contributed by atoms with Gasteiger partial charge in [0.25, 0.3) is 0 Å². The number of halogens is 1. The molecular formula is C21H23BrO5. The Balaban J connectivity index is 1.99. The monoisotopic (exact) mass is 434 g/mol. The fourth-order valence-corrected chi connectivity index (χ4v) is 2.60. The summed E-state index contributed by atoms with van der Waals surface area (Å²) < 4.78 is 16.8. The van der Waals surface area contributed by atoms with Gasteiger partial charge in [-0.05, 0) is 70.7 Å². The maximum absolute atomic E-state index is 12.3. The number of hydrogen-bond acceptors (Lipinski definition) is 5. The summed E-state index contributed by atoms with van der Waals surface area (Å²) in [4.78, 5) is 24.2. The van der Waals surface area contributed by atoms with Crippen molar-refractivity contribution in [3.05, 3.63) is 58.1 Å². The van der Waals surface area contributed by atoms with Gasteiger partial charge >= 0.3 is 11.9 Å². The van der Waals surface area contributed by atoms with Gasteiger partial charge in [0.05, 0.1) is 28.8 Å². The average molecular weight is 435 g/mol. The molecule has 0 unspecified atom stereocenters. The fraction of sp³-hybridized carbons (Fsp3) is 0.333. The molecule has 0 N–H and O–H groups in total. The Labute approximate surface area is 167 Å². The molecule has 0 atom stereocenters. The first kappa shape index (κ1) is 21.0. The van der Waals surface area contributed by atoms with Crippen molar-refractivity contribution in [2.24, 2.45) is 5.92 Å². The molecule has 5 nitrogen and oxygen atoms in total. The molecule has 0 amide bonds. The molecule has 0 aliphatic heterocycles. The number of rotatable bonds is 8. The third-order valence-electron chi connectivity index (χ3n) is 3.48. The summed E-state index contributed by atoms with van der Waals surface area (Å²) in [6.45, 7) is 6.93. The maximum atomic E-state index is 12.3. The van der Waals surface area contributed by atoms with E-state index in [1.807, 2.05) is 20.8 Å². The van der Waals surface area contributed by atoms with Gasteiger partial charge in [0.1, 0.15) is 11.5 Å². The number of benzene rings is 2. The zero-order valence-corrected chi connectivity index (χ0v) is 17.2. The highest BCUT2D eigenvalue weighted by molar-refractivity contribution is 9.10. The first-order valence-corrected chi connectivity index (χ1v) is 9.61. The number of hydrogen-bond donors (Lipinski definition) is 0. The van der Waals surface area contributed by atoms with Gasteiger partial charge in [0.2, 0.25) is 0 Å². The van der Waals surface area contributed by atoms with E-state index in [4.69, 9.17) is 14.2 Å². The Morgan fingerprint density at radius 1 is 1.00 bits per heavy atom. The van der Waals surface area contributed by atoms with Crippen molar-refractivity contribution in [2.75, 3.05) is 13.2 Å². The van der Waals surface area contributed by atoms with Gasteiger partial charge in [-0.3, -0.25) is 0 Å². The molecule has 0 bridgehead atoms. The Hall–Kier alpha value is -2.34. The summed E-state index contributed by atoms with van der Waals surface area (Å²) in [7, 11) is 0. The van der Waals surface area contributed by atoms with Crippen LogP contribution in [0.25, 0.3) is 0 Å². The van der Waals surface area contributed by atoms with Crippen molar-refractivity contribution in [3.63, 3.8) is 0 Å². The van der Waals surface area contributed by atoms with Gasteiger partial charge in [-0.2, -0.15) is 0 Å². The van der Waals surface area contributed by atoms with Crippen molar-refractivity contribution in [2.45, 2.75) is 27.2 Å². The van der Waals surface area contributed by atoms with Crippen molar-refractivity contribution >= 4 is 27.9 Å². The molecule has 6 heteroatoms. The average Bonchev–Trinajstić information content (AvgIpc) is 2.65. The van der Waals surface area contributed by atoms with Gasteiger partial charge in [-0.25, -0.2) is 9.59 Å². The molecule has 2 aromatic rings. The van der Waals surface area contributed by atoms with Crippen LogP contribution in [0.5, 0.6) is 11.5 Å². The predicted molar refractivity (Wildman–Crippen MR) is 106 cm³/mol. The van der Waals surface area contributed by atoms with Gasteiger partial charge in [0, 0.05) is 0 Å². The largest absolute Gasteiger partial charge is 0.492 e. The van der Waals surface area contributed by atoms with Crippen LogP contribution in [0.15, 0.2) is 46.9 Å². The molecule has 0 fully saturated rings. The minimum atomic E-state index is -0.493. The molecule has 2 aromatic carbocycles. The molecule has 0 aliphatic rings. The molecule has 2 rings (SSSR count). The van der Waals surface area contributed by atoms with Crippen LogP contribution in [0.3, 0.4) is 0 Å². The molecule has 0 heterocycles. The number of carbonyl (C=O) groups is 2. The summed E-state index contributed by atoms with van der Waals surface area (Å²) in [6.07, 6.45) is 0.900. The molecule has 144 valence electrons. The molecule has 0 saturated carbocycles. The summed E-state index contributed by atoms with van der Waals surface area (Å²) in [5.74, 6) is 0.411. The van der Waals surface area contributed by atoms with Crippen molar-refractivity contribution < 1.29 is 23.8 Å². The lowest BCUT2D eigenvalue weighted by Gasteiger charge is -2.10. The predicted octanol–water partition coefficient (Wildman–Crippen LogP) is 5.27. The first-order chi connectivity index (χ1) is 12.9. The molecule has 0 radical (unpaired) electrons. The maximum Gasteiger partial charge on any atom is 0.343 e. The molecule has 0 saturated heterocycles. The second kappa shape index (κ2) is 10.1. The van der Waals surface area contributed by atoms with Crippen LogP contribution in [0.2, 0.25) is 0 Å². The van der Waals surface area contributed by atoms with Crippen LogP contribution in [0.1, 0.15) is 47.9 Å². The summed E-state index contributed by atoms with van der Waals surface area (Å²) >= 11 is 3.40. The summed E-state index contributed by atoms with van der Waals surface area (Å²) in [6, 6.07) is 11.3. The third-order valence-corrected chi connectivity index (χ3v) is 4.10. The van der Waals surface area contributed by atoms with E-state index in [-0.39, 0.29) is 5.92 Å². The van der Waals surface area contributed by atoms with Gasteiger partial charge in [0.15, 0.2) is 0 Å². The zero-order valence-electron chi connectivity index (χ0n) is 15.7. The lowest BCUT2D eigenvalue weighted by molar-refractivity contribution is 0.0459. The minimum Gasteiger partial charge on any atom is -0.492 e. The lowest BCUT2D eigenvalue weighted by Crippen LogP contribution is -2.11. The number of esters is 2. The van der Waals surface area contributed by atoms with E-state index < -0.39 is 11.9 Å². The van der Waals surface area contributed by atoms with E-state index in [9.17, 15) is 9.59 Å². The Morgan fingerprint density at radius 3 is 2.26 bits per heavy atom. The smallest absolute Gasteiger partial charge is 0.343 e. The minimum absolute atomic E-state index is 0.271. The highest BCUT2D eigenvalue weighted by Crippen LogP contribution is 2.27. The van der Waals surface area contributed by atoms with Crippen molar-refractivity contribution in [1.29, 1.82) is 0 Å². The fourth-order valence-electron chi connectivity index (χ4n) is 2.11. The molecule has 0 spiro atoms. The second-order valence-electron chi connectivity index (χ2n) is 6.40. The topological polar surface area (TPSA) is 61.8 Å². The quantitative estimate of drug-likeness (QED) is 0.418. The van der Waals surface area contributed by atoms with Gasteiger partial charge in [-0.15, -0.1) is 0 Å². The SMILES string of the molecule is CCCOc1ccc(C(=O)Oc2ccc(C(=O)OCC(C)C)cc2)cc1Br. The highest BCUT2D eigenvalue weighted by Gasteiger charge is 2.13. The van der Waals surface area contributed by atoms with Gasteiger partial charge < -0.3 is 14.2 Å². The van der Waals surface area contributed by atoms with Crippen molar-refractivity contribution in [1.82, 2.24) is 0 Å². The standard InChI is InChI=1S/C21H23BrO5/c1-4-11-25-19-10-7-16(12-18(19)22)21(24)27-17-8-5-15(6-9-17)20(23)26-13-14(2)3/h5-10,12,14H,4,11,13H2,1-3H3. The van der Waals surface area contributed by atoms with E-state index in [0.717, 1.165) is 6.42 Å². The Bertz CT molecular complexity index is 784. The van der Waals surface area contributed by atoms with Gasteiger partial charge in [-0.1, -0.05) is 20.8 Å². The van der Waals surface area contributed by atoms with Crippen LogP contribution in [-0.4, -0.2) is 25.2 Å². The van der Waals surface area contributed by atoms with Crippen LogP contribution in [0.4, 0.5) is 0 Å². The van der Waals surface area contributed by atoms with Crippen molar-refractivity contribution in [3.8, 4) is 11.5 Å². The Morgan fingerprint density at radius 2 is 1.67 bits per heavy atom. The van der Waals surface area contributed by atoms with E-state index in [2.05, 4.69) is 15.9 Å². The number of carbonyl (C=O) groups excluding carboxylic acids is 2. The van der Waals surface area contributed by atoms with E-state index in [1.54, 1.807) is 42.5 Å². The van der Waals surface area contributed by atoms with E-state index >= 15 is 0 Å². The van der Waals surface area contributed by atoms with Crippen LogP contribution in [0, 0.1) is 5.92 Å². The zero-order chi connectivity index (χ0) is 19.8. The van der Waals surface area contributed by atoms with Crippen LogP contribution < -0.4 is 9.47 Å². The highest BCUT2D eigenvalue weighted by atomic mass is 79.9. The van der Waals surface area contributed by atoms with E-state index in [1.165, 1.54) is 0 Å². The van der Waals surface area contributed by atoms with Crippen LogP contribution >= 0.6 is 15.9 Å². The summed E-state index contributed by atoms with van der Waals surface area (Å²) in [5, 5.41) is 0. The first-order valence-electron chi connectivity index (χ1n) is 8.82. The number of ether oxygens (including phenoxy) is 3. The molecular weight excluding hydrogens is 412 g/mol. The molecule has 27 heavy (non-hydrogen) atoms. The molecule has 0 aromatic heterocycles. The van der Waals surface area contributed by atoms with Crippen LogP contribution in [-0.2, 0) is 4.74 Å².